The molecule has 0 fully saturated rings. The van der Waals surface area contributed by atoms with E-state index >= 15 is 0 Å². The molecule has 0 amide bonds. The van der Waals surface area contributed by atoms with Gasteiger partial charge in [-0.1, -0.05) is 6.92 Å². The topological polar surface area (TPSA) is 72.2 Å². The minimum atomic E-state index is -3.48. The van der Waals surface area contributed by atoms with E-state index in [2.05, 4.69) is 11.6 Å². The van der Waals surface area contributed by atoms with Crippen molar-refractivity contribution in [2.24, 2.45) is 0 Å². The Balaban J connectivity index is 2.89. The first-order valence-electron chi connectivity index (χ1n) is 6.17. The van der Waals surface area contributed by atoms with Crippen molar-refractivity contribution in [1.29, 1.82) is 0 Å². The summed E-state index contributed by atoms with van der Waals surface area (Å²) in [7, 11) is -3.48. The van der Waals surface area contributed by atoms with Crippen LogP contribution in [0.15, 0.2) is 17.0 Å². The van der Waals surface area contributed by atoms with E-state index in [0.717, 1.165) is 17.5 Å². The summed E-state index contributed by atoms with van der Waals surface area (Å²) in [5, 5.41) is 0.436. The maximum Gasteiger partial charge on any atom is 0.240 e. The summed E-state index contributed by atoms with van der Waals surface area (Å²) in [6.45, 7) is 6.18. The van der Waals surface area contributed by atoms with Crippen LogP contribution in [0.3, 0.4) is 0 Å². The average molecular weight is 302 g/mol. The molecule has 0 saturated carbocycles. The minimum absolute atomic E-state index is 0.279. The number of aryl methyl sites for hydroxylation is 1. The van der Waals surface area contributed by atoms with Crippen LogP contribution in [0.1, 0.15) is 24.5 Å². The number of hydrogen-bond acceptors (Lipinski definition) is 4. The van der Waals surface area contributed by atoms with E-state index in [1.807, 2.05) is 13.2 Å². The molecular formula is C13H22N2O2S2. The Morgan fingerprint density at radius 3 is 2.58 bits per heavy atom. The van der Waals surface area contributed by atoms with Crippen LogP contribution in [0, 0.1) is 13.8 Å². The lowest BCUT2D eigenvalue weighted by Gasteiger charge is -2.13. The van der Waals surface area contributed by atoms with Crippen molar-refractivity contribution in [2.75, 3.05) is 18.5 Å². The summed E-state index contributed by atoms with van der Waals surface area (Å²) in [5.74, 6) is 0. The zero-order valence-electron chi connectivity index (χ0n) is 11.9. The molecule has 1 unspecified atom stereocenters. The molecule has 0 aliphatic rings. The molecule has 6 heteroatoms. The second-order valence-electron chi connectivity index (χ2n) is 4.69. The fraction of sp³-hybridized carbons (Fsp3) is 0.538. The molecule has 0 aromatic heterocycles. The van der Waals surface area contributed by atoms with Gasteiger partial charge >= 0.3 is 0 Å². The Morgan fingerprint density at radius 2 is 2.00 bits per heavy atom. The average Bonchev–Trinajstić information content (AvgIpc) is 2.33. The molecule has 108 valence electrons. The van der Waals surface area contributed by atoms with Crippen molar-refractivity contribution in [3.05, 3.63) is 23.3 Å². The second kappa shape index (κ2) is 6.63. The molecule has 0 heterocycles. The van der Waals surface area contributed by atoms with E-state index in [9.17, 15) is 8.42 Å². The first kappa shape index (κ1) is 16.3. The number of anilines is 1. The largest absolute Gasteiger partial charge is 0.399 e. The fourth-order valence-electron chi connectivity index (χ4n) is 1.73. The van der Waals surface area contributed by atoms with E-state index in [1.54, 1.807) is 24.8 Å². The summed E-state index contributed by atoms with van der Waals surface area (Å²) >= 11 is 1.72. The van der Waals surface area contributed by atoms with E-state index in [0.29, 0.717) is 17.5 Å². The van der Waals surface area contributed by atoms with E-state index < -0.39 is 10.0 Å². The highest BCUT2D eigenvalue weighted by atomic mass is 32.2. The molecule has 19 heavy (non-hydrogen) atoms. The predicted molar refractivity (Wildman–Crippen MR) is 83.1 cm³/mol. The number of nitrogens with two attached hydrogens (primary N) is 1. The highest BCUT2D eigenvalue weighted by molar-refractivity contribution is 7.99. The molecule has 0 aliphatic carbocycles. The molecule has 1 aromatic carbocycles. The van der Waals surface area contributed by atoms with Crippen molar-refractivity contribution in [3.8, 4) is 0 Å². The molecule has 0 bridgehead atoms. The monoisotopic (exact) mass is 302 g/mol. The van der Waals surface area contributed by atoms with Crippen LogP contribution < -0.4 is 10.5 Å². The van der Waals surface area contributed by atoms with Crippen molar-refractivity contribution >= 4 is 27.5 Å². The Kier molecular flexibility index (Phi) is 5.70. The van der Waals surface area contributed by atoms with E-state index in [1.165, 1.54) is 6.07 Å². The van der Waals surface area contributed by atoms with Crippen molar-refractivity contribution in [3.63, 3.8) is 0 Å². The van der Waals surface area contributed by atoms with Crippen LogP contribution in [0.25, 0.3) is 0 Å². The maximum atomic E-state index is 12.3. The zero-order valence-corrected chi connectivity index (χ0v) is 13.5. The summed E-state index contributed by atoms with van der Waals surface area (Å²) in [6.07, 6.45) is 2.82. The number of benzene rings is 1. The fourth-order valence-corrected chi connectivity index (χ4v) is 3.48. The summed E-state index contributed by atoms with van der Waals surface area (Å²) in [4.78, 5) is 0.279. The SMILES string of the molecule is CSC(C)CCNS(=O)(=O)c1cc(N)cc(C)c1C. The molecule has 0 radical (unpaired) electrons. The molecule has 1 aromatic rings. The second-order valence-corrected chi connectivity index (χ2v) is 7.71. The summed E-state index contributed by atoms with van der Waals surface area (Å²) in [6, 6.07) is 3.30. The van der Waals surface area contributed by atoms with Crippen molar-refractivity contribution in [1.82, 2.24) is 4.72 Å². The Hall–Kier alpha value is -0.720. The molecule has 0 aliphatic heterocycles. The van der Waals surface area contributed by atoms with E-state index in [-0.39, 0.29) is 4.90 Å². The third kappa shape index (κ3) is 4.40. The number of rotatable bonds is 6. The van der Waals surface area contributed by atoms with Gasteiger partial charge in [0, 0.05) is 17.5 Å². The van der Waals surface area contributed by atoms with Crippen LogP contribution in [0.2, 0.25) is 0 Å². The molecule has 0 spiro atoms. The van der Waals surface area contributed by atoms with Gasteiger partial charge in [-0.3, -0.25) is 0 Å². The number of nitrogen functional groups attached to an aromatic ring is 1. The predicted octanol–water partition coefficient (Wildman–Crippen LogP) is 2.31. The zero-order chi connectivity index (χ0) is 14.6. The van der Waals surface area contributed by atoms with Crippen molar-refractivity contribution in [2.45, 2.75) is 37.3 Å². The summed E-state index contributed by atoms with van der Waals surface area (Å²) < 4.78 is 27.1. The van der Waals surface area contributed by atoms with Gasteiger partial charge in [-0.15, -0.1) is 0 Å². The quantitative estimate of drug-likeness (QED) is 0.791. The first-order valence-corrected chi connectivity index (χ1v) is 8.94. The van der Waals surface area contributed by atoms with Crippen LogP contribution in [-0.4, -0.2) is 26.5 Å². The van der Waals surface area contributed by atoms with Gasteiger partial charge in [0.2, 0.25) is 10.0 Å². The maximum absolute atomic E-state index is 12.3. The van der Waals surface area contributed by atoms with Gasteiger partial charge in [-0.05, 0) is 49.8 Å². The molecule has 1 atom stereocenters. The van der Waals surface area contributed by atoms with Gasteiger partial charge in [0.1, 0.15) is 0 Å². The van der Waals surface area contributed by atoms with Crippen molar-refractivity contribution < 1.29 is 8.42 Å². The normalized spacial score (nSPS) is 13.5. The molecular weight excluding hydrogens is 280 g/mol. The first-order chi connectivity index (χ1) is 8.77. The Labute approximate surface area is 120 Å². The van der Waals surface area contributed by atoms with Crippen LogP contribution in [0.4, 0.5) is 5.69 Å². The van der Waals surface area contributed by atoms with Gasteiger partial charge in [-0.25, -0.2) is 13.1 Å². The van der Waals surface area contributed by atoms with Gasteiger partial charge in [0.25, 0.3) is 0 Å². The Bertz CT molecular complexity index is 542. The molecule has 3 N–H and O–H groups in total. The highest BCUT2D eigenvalue weighted by Gasteiger charge is 2.18. The number of sulfonamides is 1. The van der Waals surface area contributed by atoms with Gasteiger partial charge in [-0.2, -0.15) is 11.8 Å². The van der Waals surface area contributed by atoms with Crippen LogP contribution in [0.5, 0.6) is 0 Å². The molecule has 0 saturated heterocycles. The molecule has 1 rings (SSSR count). The third-order valence-corrected chi connectivity index (χ3v) is 5.80. The Morgan fingerprint density at radius 1 is 1.37 bits per heavy atom. The third-order valence-electron chi connectivity index (χ3n) is 3.18. The lowest BCUT2D eigenvalue weighted by atomic mass is 10.1. The number of thioether (sulfide) groups is 1. The lowest BCUT2D eigenvalue weighted by molar-refractivity contribution is 0.578. The van der Waals surface area contributed by atoms with Crippen LogP contribution >= 0.6 is 11.8 Å². The minimum Gasteiger partial charge on any atom is -0.399 e. The standard InChI is InChI=1S/C13H22N2O2S2/c1-9-7-12(14)8-13(11(9)3)19(16,17)15-6-5-10(2)18-4/h7-8,10,15H,5-6,14H2,1-4H3. The van der Waals surface area contributed by atoms with Gasteiger partial charge in [0.15, 0.2) is 0 Å². The highest BCUT2D eigenvalue weighted by Crippen LogP contribution is 2.22. The van der Waals surface area contributed by atoms with Crippen LogP contribution in [-0.2, 0) is 10.0 Å². The van der Waals surface area contributed by atoms with Gasteiger partial charge < -0.3 is 5.73 Å². The number of hydrogen-bond donors (Lipinski definition) is 2. The smallest absolute Gasteiger partial charge is 0.240 e. The summed E-state index contributed by atoms with van der Waals surface area (Å²) in [5.41, 5.74) is 7.84. The van der Waals surface area contributed by atoms with Gasteiger partial charge in [0.05, 0.1) is 4.90 Å². The van der Waals surface area contributed by atoms with E-state index in [4.69, 9.17) is 5.73 Å². The molecule has 4 nitrogen and oxygen atoms in total. The lowest BCUT2D eigenvalue weighted by Crippen LogP contribution is -2.27. The number of nitrogens with one attached hydrogen (secondary N) is 1.